The van der Waals surface area contributed by atoms with E-state index in [-0.39, 0.29) is 5.82 Å². The van der Waals surface area contributed by atoms with Crippen molar-refractivity contribution in [3.05, 3.63) is 42.0 Å². The molecule has 0 bridgehead atoms. The molecule has 1 aromatic heterocycles. The highest BCUT2D eigenvalue weighted by Gasteiger charge is 2.16. The average Bonchev–Trinajstić information content (AvgIpc) is 3.05. The lowest BCUT2D eigenvalue weighted by Gasteiger charge is -2.31. The average molecular weight is 330 g/mol. The number of hydrogen-bond donors (Lipinski definition) is 1. The van der Waals surface area contributed by atoms with Crippen molar-refractivity contribution >= 4 is 5.96 Å². The number of nitrogens with two attached hydrogens (primary N) is 1. The van der Waals surface area contributed by atoms with E-state index in [0.29, 0.717) is 24.8 Å². The molecule has 0 saturated carbocycles. The molecule has 1 aromatic carbocycles. The third-order valence-electron chi connectivity index (χ3n) is 4.39. The van der Waals surface area contributed by atoms with Crippen LogP contribution in [0.25, 0.3) is 11.5 Å². The van der Waals surface area contributed by atoms with Gasteiger partial charge in [-0.2, -0.15) is 0 Å². The number of halogens is 1. The Morgan fingerprint density at radius 3 is 2.75 bits per heavy atom. The van der Waals surface area contributed by atoms with E-state index in [2.05, 4.69) is 21.8 Å². The van der Waals surface area contributed by atoms with Gasteiger partial charge in [0.1, 0.15) is 12.1 Å². The Labute approximate surface area is 141 Å². The normalized spacial score (nSPS) is 16.6. The van der Waals surface area contributed by atoms with Crippen LogP contribution in [0.15, 0.2) is 39.9 Å². The second kappa shape index (κ2) is 7.47. The lowest BCUT2D eigenvalue weighted by atomic mass is 10.00. The summed E-state index contributed by atoms with van der Waals surface area (Å²) in [7, 11) is 0. The predicted octanol–water partition coefficient (Wildman–Crippen LogP) is 3.07. The van der Waals surface area contributed by atoms with Crippen molar-refractivity contribution in [1.29, 1.82) is 0 Å². The molecule has 2 N–H and O–H groups in total. The Balaban J connectivity index is 1.53. The predicted molar refractivity (Wildman–Crippen MR) is 92.1 cm³/mol. The number of benzene rings is 1. The van der Waals surface area contributed by atoms with Crippen LogP contribution in [-0.4, -0.2) is 35.5 Å². The molecule has 2 aromatic rings. The van der Waals surface area contributed by atoms with Crippen LogP contribution in [0.2, 0.25) is 0 Å². The first-order valence-corrected chi connectivity index (χ1v) is 8.37. The zero-order valence-corrected chi connectivity index (χ0v) is 13.9. The highest BCUT2D eigenvalue weighted by atomic mass is 19.1. The molecule has 0 unspecified atom stereocenters. The summed E-state index contributed by atoms with van der Waals surface area (Å²) in [5, 5.41) is 0. The van der Waals surface area contributed by atoms with Gasteiger partial charge in [-0.05, 0) is 43.0 Å². The third kappa shape index (κ3) is 4.13. The topological polar surface area (TPSA) is 67.7 Å². The molecule has 3 rings (SSSR count). The first kappa shape index (κ1) is 16.5. The summed E-state index contributed by atoms with van der Waals surface area (Å²) in [6.45, 7) is 4.81. The van der Waals surface area contributed by atoms with E-state index >= 15 is 0 Å². The van der Waals surface area contributed by atoms with Crippen LogP contribution in [0.4, 0.5) is 4.39 Å². The van der Waals surface area contributed by atoms with Gasteiger partial charge in [0.25, 0.3) is 0 Å². The van der Waals surface area contributed by atoms with E-state index in [1.54, 1.807) is 18.4 Å². The summed E-state index contributed by atoms with van der Waals surface area (Å²) in [4.78, 5) is 11.0. The van der Waals surface area contributed by atoms with Crippen LogP contribution in [0.1, 0.15) is 25.5 Å². The standard InChI is InChI=1S/C18H23FN4O/c1-13-7-10-23(11-8-13)18(20)21-9-6-16-12-24-17(22-16)14-2-4-15(19)5-3-14/h2-5,12-13H,6-11H2,1H3,(H2,20,21). The van der Waals surface area contributed by atoms with Crippen LogP contribution in [0.3, 0.4) is 0 Å². The van der Waals surface area contributed by atoms with Crippen LogP contribution < -0.4 is 5.73 Å². The van der Waals surface area contributed by atoms with E-state index in [4.69, 9.17) is 10.2 Å². The Hall–Kier alpha value is -2.37. The molecule has 1 fully saturated rings. The number of likely N-dealkylation sites (tertiary alicyclic amines) is 1. The van der Waals surface area contributed by atoms with E-state index < -0.39 is 0 Å². The van der Waals surface area contributed by atoms with Crippen LogP contribution in [0, 0.1) is 11.7 Å². The van der Waals surface area contributed by atoms with E-state index in [9.17, 15) is 4.39 Å². The lowest BCUT2D eigenvalue weighted by Crippen LogP contribution is -2.42. The number of aliphatic imine (C=N–C) groups is 1. The van der Waals surface area contributed by atoms with Gasteiger partial charge in [0.05, 0.1) is 5.69 Å². The molecule has 128 valence electrons. The maximum atomic E-state index is 12.9. The Bertz CT molecular complexity index is 687. The van der Waals surface area contributed by atoms with Gasteiger partial charge in [0, 0.05) is 31.6 Å². The summed E-state index contributed by atoms with van der Waals surface area (Å²) < 4.78 is 18.4. The molecular weight excluding hydrogens is 307 g/mol. The highest BCUT2D eigenvalue weighted by Crippen LogP contribution is 2.19. The number of oxazole rings is 1. The summed E-state index contributed by atoms with van der Waals surface area (Å²) in [6, 6.07) is 6.09. The van der Waals surface area contributed by atoms with Gasteiger partial charge >= 0.3 is 0 Å². The van der Waals surface area contributed by atoms with Crippen molar-refractivity contribution in [2.24, 2.45) is 16.6 Å². The fraction of sp³-hybridized carbons (Fsp3) is 0.444. The SMILES string of the molecule is CC1CCN(C(N)=NCCc2coc(-c3ccc(F)cc3)n2)CC1. The van der Waals surface area contributed by atoms with Crippen molar-refractivity contribution in [2.45, 2.75) is 26.2 Å². The zero-order valence-electron chi connectivity index (χ0n) is 13.9. The van der Waals surface area contributed by atoms with Crippen molar-refractivity contribution in [3.8, 4) is 11.5 Å². The summed E-state index contributed by atoms with van der Waals surface area (Å²) >= 11 is 0. The molecule has 1 aliphatic heterocycles. The van der Waals surface area contributed by atoms with Gasteiger partial charge in [0.2, 0.25) is 5.89 Å². The van der Waals surface area contributed by atoms with E-state index in [1.807, 2.05) is 0 Å². The fourth-order valence-electron chi connectivity index (χ4n) is 2.77. The molecule has 0 radical (unpaired) electrons. The molecular formula is C18H23FN4O. The first-order valence-electron chi connectivity index (χ1n) is 8.37. The zero-order chi connectivity index (χ0) is 16.9. The lowest BCUT2D eigenvalue weighted by molar-refractivity contribution is 0.277. The number of aromatic nitrogens is 1. The Morgan fingerprint density at radius 2 is 2.04 bits per heavy atom. The molecule has 0 amide bonds. The van der Waals surface area contributed by atoms with Crippen molar-refractivity contribution < 1.29 is 8.81 Å². The molecule has 0 atom stereocenters. The number of nitrogens with zero attached hydrogens (tertiary/aromatic N) is 3. The minimum Gasteiger partial charge on any atom is -0.444 e. The Morgan fingerprint density at radius 1 is 1.33 bits per heavy atom. The minimum absolute atomic E-state index is 0.276. The summed E-state index contributed by atoms with van der Waals surface area (Å²) in [5.41, 5.74) is 7.64. The highest BCUT2D eigenvalue weighted by molar-refractivity contribution is 5.78. The molecule has 5 nitrogen and oxygen atoms in total. The van der Waals surface area contributed by atoms with Gasteiger partial charge in [-0.1, -0.05) is 6.92 Å². The van der Waals surface area contributed by atoms with Crippen LogP contribution in [0.5, 0.6) is 0 Å². The molecule has 24 heavy (non-hydrogen) atoms. The monoisotopic (exact) mass is 330 g/mol. The van der Waals surface area contributed by atoms with Crippen LogP contribution in [-0.2, 0) is 6.42 Å². The molecule has 1 aliphatic rings. The third-order valence-corrected chi connectivity index (χ3v) is 4.39. The second-order valence-electron chi connectivity index (χ2n) is 6.31. The largest absolute Gasteiger partial charge is 0.444 e. The molecule has 6 heteroatoms. The van der Waals surface area contributed by atoms with Crippen LogP contribution >= 0.6 is 0 Å². The number of guanidine groups is 1. The van der Waals surface area contributed by atoms with Crippen molar-refractivity contribution in [2.75, 3.05) is 19.6 Å². The molecule has 2 heterocycles. The van der Waals surface area contributed by atoms with Gasteiger partial charge in [-0.3, -0.25) is 4.99 Å². The second-order valence-corrected chi connectivity index (χ2v) is 6.31. The summed E-state index contributed by atoms with van der Waals surface area (Å²) in [6.07, 6.45) is 4.61. The van der Waals surface area contributed by atoms with Gasteiger partial charge in [-0.15, -0.1) is 0 Å². The van der Waals surface area contributed by atoms with Crippen molar-refractivity contribution in [1.82, 2.24) is 9.88 Å². The van der Waals surface area contributed by atoms with Gasteiger partial charge in [-0.25, -0.2) is 9.37 Å². The number of hydrogen-bond acceptors (Lipinski definition) is 3. The van der Waals surface area contributed by atoms with E-state index in [1.165, 1.54) is 25.0 Å². The van der Waals surface area contributed by atoms with E-state index in [0.717, 1.165) is 30.3 Å². The van der Waals surface area contributed by atoms with Gasteiger partial charge in [0.15, 0.2) is 5.96 Å². The molecule has 0 aliphatic carbocycles. The fourth-order valence-corrected chi connectivity index (χ4v) is 2.77. The maximum absolute atomic E-state index is 12.9. The molecule has 1 saturated heterocycles. The number of piperidine rings is 1. The summed E-state index contributed by atoms with van der Waals surface area (Å²) in [5.74, 6) is 1.60. The molecule has 0 spiro atoms. The van der Waals surface area contributed by atoms with Crippen molar-refractivity contribution in [3.63, 3.8) is 0 Å². The first-order chi connectivity index (χ1) is 11.6. The quantitative estimate of drug-likeness (QED) is 0.691. The van der Waals surface area contributed by atoms with Gasteiger partial charge < -0.3 is 15.1 Å². The maximum Gasteiger partial charge on any atom is 0.226 e. The number of rotatable bonds is 4. The smallest absolute Gasteiger partial charge is 0.226 e. The minimum atomic E-state index is -0.276. The Kier molecular flexibility index (Phi) is 5.13.